The van der Waals surface area contributed by atoms with Crippen molar-refractivity contribution in [3.05, 3.63) is 52.3 Å². The van der Waals surface area contributed by atoms with E-state index in [1.807, 2.05) is 4.68 Å². The molecule has 1 heterocycles. The lowest BCUT2D eigenvalue weighted by molar-refractivity contribution is 0.279. The van der Waals surface area contributed by atoms with E-state index < -0.39 is 0 Å². The molecule has 2 aromatic rings. The van der Waals surface area contributed by atoms with Crippen molar-refractivity contribution in [3.63, 3.8) is 0 Å². The lowest BCUT2D eigenvalue weighted by Crippen LogP contribution is -2.07. The minimum absolute atomic E-state index is 0.0844. The number of nitrogens with zero attached hydrogens (tertiary/aromatic N) is 2. The Kier molecular flexibility index (Phi) is 4.96. The highest BCUT2D eigenvalue weighted by Crippen LogP contribution is 2.18. The first kappa shape index (κ1) is 14.8. The van der Waals surface area contributed by atoms with Crippen molar-refractivity contribution in [3.8, 4) is 0 Å². The van der Waals surface area contributed by atoms with Gasteiger partial charge in [0.15, 0.2) is 0 Å². The van der Waals surface area contributed by atoms with Gasteiger partial charge in [-0.05, 0) is 30.4 Å². The molecule has 108 valence electrons. The maximum Gasteiger partial charge on any atom is 0.0718 e. The Labute approximate surface area is 121 Å². The molecule has 0 aliphatic heterocycles. The summed E-state index contributed by atoms with van der Waals surface area (Å²) in [6.07, 6.45) is 2.83. The third-order valence-electron chi connectivity index (χ3n) is 3.84. The number of hydrogen-bond donors (Lipinski definition) is 1. The summed E-state index contributed by atoms with van der Waals surface area (Å²) < 4.78 is 2.05. The summed E-state index contributed by atoms with van der Waals surface area (Å²) in [5.74, 6) is 0. The molecule has 3 heteroatoms. The Morgan fingerprint density at radius 3 is 2.10 bits per heavy atom. The molecular weight excluding hydrogens is 248 g/mol. The molecule has 0 bridgehead atoms. The van der Waals surface area contributed by atoms with Crippen molar-refractivity contribution in [1.29, 1.82) is 0 Å². The van der Waals surface area contributed by atoms with Gasteiger partial charge in [-0.25, -0.2) is 0 Å². The van der Waals surface area contributed by atoms with E-state index in [1.54, 1.807) is 0 Å². The quantitative estimate of drug-likeness (QED) is 0.877. The van der Waals surface area contributed by atoms with Crippen molar-refractivity contribution in [2.24, 2.45) is 0 Å². The molecular formula is C17H24N2O. The third kappa shape index (κ3) is 2.93. The Balaban J connectivity index is 2.29. The van der Waals surface area contributed by atoms with Crippen molar-refractivity contribution < 1.29 is 5.11 Å². The second-order valence-electron chi connectivity index (χ2n) is 5.06. The van der Waals surface area contributed by atoms with Crippen LogP contribution in [-0.4, -0.2) is 14.9 Å². The summed E-state index contributed by atoms with van der Waals surface area (Å²) in [5, 5.41) is 14.2. The molecule has 0 unspecified atom stereocenters. The molecule has 0 radical (unpaired) electrons. The zero-order valence-corrected chi connectivity index (χ0v) is 12.7. The van der Waals surface area contributed by atoms with Gasteiger partial charge in [0.2, 0.25) is 0 Å². The molecule has 0 fully saturated rings. The van der Waals surface area contributed by atoms with Crippen LogP contribution < -0.4 is 0 Å². The van der Waals surface area contributed by atoms with Crippen LogP contribution in [0.3, 0.4) is 0 Å². The van der Waals surface area contributed by atoms with E-state index in [9.17, 15) is 5.11 Å². The second kappa shape index (κ2) is 6.71. The van der Waals surface area contributed by atoms with Gasteiger partial charge in [-0.15, -0.1) is 0 Å². The first-order chi connectivity index (χ1) is 9.73. The number of rotatable bonds is 6. The maximum atomic E-state index is 9.56. The average molecular weight is 272 g/mol. The SMILES string of the molecule is CCc1ccc(Cn2nc(CC)c(CO)c2CC)cc1. The van der Waals surface area contributed by atoms with Crippen LogP contribution in [0.2, 0.25) is 0 Å². The Hall–Kier alpha value is -1.61. The molecule has 0 saturated heterocycles. The minimum Gasteiger partial charge on any atom is -0.392 e. The van der Waals surface area contributed by atoms with Crippen LogP contribution in [0.5, 0.6) is 0 Å². The van der Waals surface area contributed by atoms with Crippen molar-refractivity contribution >= 4 is 0 Å². The standard InChI is InChI=1S/C17H24N2O/c1-4-13-7-9-14(10-8-13)11-19-17(6-3)15(12-20)16(5-2)18-19/h7-10,20H,4-6,11-12H2,1-3H3. The van der Waals surface area contributed by atoms with E-state index in [-0.39, 0.29) is 6.61 Å². The number of aliphatic hydroxyl groups is 1. The summed E-state index contributed by atoms with van der Waals surface area (Å²) in [7, 11) is 0. The predicted octanol–water partition coefficient (Wildman–Crippen LogP) is 3.11. The smallest absolute Gasteiger partial charge is 0.0718 e. The molecule has 0 atom stereocenters. The number of aromatic nitrogens is 2. The summed E-state index contributed by atoms with van der Waals surface area (Å²) >= 11 is 0. The highest BCUT2D eigenvalue weighted by Gasteiger charge is 2.14. The van der Waals surface area contributed by atoms with E-state index in [1.165, 1.54) is 11.1 Å². The lowest BCUT2D eigenvalue weighted by atomic mass is 10.1. The van der Waals surface area contributed by atoms with Gasteiger partial charge in [0, 0.05) is 11.3 Å². The lowest BCUT2D eigenvalue weighted by Gasteiger charge is -2.08. The highest BCUT2D eigenvalue weighted by atomic mass is 16.3. The summed E-state index contributed by atoms with van der Waals surface area (Å²) in [4.78, 5) is 0. The molecule has 2 rings (SSSR count). The molecule has 1 N–H and O–H groups in total. The Morgan fingerprint density at radius 1 is 0.950 bits per heavy atom. The van der Waals surface area contributed by atoms with Gasteiger partial charge in [0.25, 0.3) is 0 Å². The summed E-state index contributed by atoms with van der Waals surface area (Å²) in [6.45, 7) is 7.23. The van der Waals surface area contributed by atoms with E-state index >= 15 is 0 Å². The zero-order valence-electron chi connectivity index (χ0n) is 12.7. The van der Waals surface area contributed by atoms with Crippen LogP contribution in [0.15, 0.2) is 24.3 Å². The second-order valence-corrected chi connectivity index (χ2v) is 5.06. The molecule has 0 spiro atoms. The summed E-state index contributed by atoms with van der Waals surface area (Å²) in [5.41, 5.74) is 5.81. The monoisotopic (exact) mass is 272 g/mol. The normalized spacial score (nSPS) is 11.0. The third-order valence-corrected chi connectivity index (χ3v) is 3.84. The van der Waals surface area contributed by atoms with Crippen LogP contribution in [0.1, 0.15) is 48.8 Å². The van der Waals surface area contributed by atoms with E-state index in [4.69, 9.17) is 0 Å². The van der Waals surface area contributed by atoms with Gasteiger partial charge >= 0.3 is 0 Å². The molecule has 1 aromatic heterocycles. The number of aliphatic hydroxyl groups excluding tert-OH is 1. The largest absolute Gasteiger partial charge is 0.392 e. The number of aryl methyl sites for hydroxylation is 2. The van der Waals surface area contributed by atoms with Crippen LogP contribution in [0.4, 0.5) is 0 Å². The number of benzene rings is 1. The Morgan fingerprint density at radius 2 is 1.60 bits per heavy atom. The van der Waals surface area contributed by atoms with Crippen molar-refractivity contribution in [1.82, 2.24) is 9.78 Å². The van der Waals surface area contributed by atoms with Gasteiger partial charge < -0.3 is 5.11 Å². The average Bonchev–Trinajstić information content (AvgIpc) is 2.84. The number of hydrogen-bond acceptors (Lipinski definition) is 2. The fourth-order valence-corrected chi connectivity index (χ4v) is 2.64. The van der Waals surface area contributed by atoms with E-state index in [2.05, 4.69) is 50.1 Å². The Bertz CT molecular complexity index is 555. The predicted molar refractivity (Wildman–Crippen MR) is 81.8 cm³/mol. The van der Waals surface area contributed by atoms with Gasteiger partial charge in [-0.1, -0.05) is 45.0 Å². The van der Waals surface area contributed by atoms with Gasteiger partial charge in [0.05, 0.1) is 18.8 Å². The summed E-state index contributed by atoms with van der Waals surface area (Å²) in [6, 6.07) is 8.70. The first-order valence-corrected chi connectivity index (χ1v) is 7.49. The minimum atomic E-state index is 0.0844. The van der Waals surface area contributed by atoms with Crippen LogP contribution in [0.25, 0.3) is 0 Å². The molecule has 0 aliphatic carbocycles. The molecule has 0 saturated carbocycles. The van der Waals surface area contributed by atoms with Gasteiger partial charge in [0.1, 0.15) is 0 Å². The highest BCUT2D eigenvalue weighted by molar-refractivity contribution is 5.28. The van der Waals surface area contributed by atoms with Crippen LogP contribution >= 0.6 is 0 Å². The van der Waals surface area contributed by atoms with Gasteiger partial charge in [-0.3, -0.25) is 4.68 Å². The van der Waals surface area contributed by atoms with E-state index in [0.29, 0.717) is 0 Å². The van der Waals surface area contributed by atoms with Crippen LogP contribution in [-0.2, 0) is 32.4 Å². The molecule has 0 aliphatic rings. The van der Waals surface area contributed by atoms with Crippen molar-refractivity contribution in [2.75, 3.05) is 0 Å². The first-order valence-electron chi connectivity index (χ1n) is 7.49. The maximum absolute atomic E-state index is 9.56. The zero-order chi connectivity index (χ0) is 14.5. The van der Waals surface area contributed by atoms with Crippen molar-refractivity contribution in [2.45, 2.75) is 53.2 Å². The topological polar surface area (TPSA) is 38.0 Å². The van der Waals surface area contributed by atoms with Crippen LogP contribution in [0, 0.1) is 0 Å². The van der Waals surface area contributed by atoms with E-state index in [0.717, 1.165) is 42.8 Å². The molecule has 20 heavy (non-hydrogen) atoms. The molecule has 0 amide bonds. The fourth-order valence-electron chi connectivity index (χ4n) is 2.64. The fraction of sp³-hybridized carbons (Fsp3) is 0.471. The molecule has 1 aromatic carbocycles. The van der Waals surface area contributed by atoms with Gasteiger partial charge in [-0.2, -0.15) is 5.10 Å². The molecule has 3 nitrogen and oxygen atoms in total.